The number of nitrogens with zero attached hydrogens (tertiary/aromatic N) is 1. The Bertz CT molecular complexity index is 297. The molecule has 76 valence electrons. The molecular weight excluding hydrogens is 210 g/mol. The molecule has 0 spiro atoms. The van der Waals surface area contributed by atoms with Crippen molar-refractivity contribution in [2.75, 3.05) is 24.4 Å². The lowest BCUT2D eigenvalue weighted by Gasteiger charge is -2.03. The van der Waals surface area contributed by atoms with E-state index in [1.54, 1.807) is 0 Å². The highest BCUT2D eigenvalue weighted by Gasteiger charge is 2.34. The first-order valence-electron chi connectivity index (χ1n) is 4.01. The van der Waals surface area contributed by atoms with Crippen molar-refractivity contribution in [1.82, 2.24) is 0 Å². The molecule has 1 atom stereocenters. The third-order valence-corrected chi connectivity index (χ3v) is 4.54. The molecule has 1 saturated heterocycles. The maximum Gasteiger partial charge on any atom is 0.157 e. The van der Waals surface area contributed by atoms with E-state index in [1.165, 1.54) is 11.8 Å². The molecule has 0 bridgehead atoms. The van der Waals surface area contributed by atoms with E-state index in [4.69, 9.17) is 4.84 Å². The summed E-state index contributed by atoms with van der Waals surface area (Å²) in [5.41, 5.74) is 0.648. The summed E-state index contributed by atoms with van der Waals surface area (Å²) in [6.45, 7) is 2.30. The summed E-state index contributed by atoms with van der Waals surface area (Å²) in [5, 5.41) is 3.79. The van der Waals surface area contributed by atoms with Crippen LogP contribution in [0.25, 0.3) is 0 Å². The van der Waals surface area contributed by atoms with Crippen LogP contribution >= 0.6 is 11.8 Å². The number of thioether (sulfide) groups is 1. The van der Waals surface area contributed by atoms with Crippen molar-refractivity contribution in [3.63, 3.8) is 0 Å². The number of oxime groups is 1. The molecular formula is C7H13NO3S2. The topological polar surface area (TPSA) is 55.7 Å². The molecule has 0 radical (unpaired) electrons. The van der Waals surface area contributed by atoms with Gasteiger partial charge in [0.05, 0.1) is 22.5 Å². The van der Waals surface area contributed by atoms with Gasteiger partial charge in [-0.05, 0) is 13.2 Å². The van der Waals surface area contributed by atoms with Gasteiger partial charge in [-0.2, -0.15) is 11.8 Å². The molecule has 0 aromatic heterocycles. The van der Waals surface area contributed by atoms with Crippen molar-refractivity contribution >= 4 is 27.3 Å². The maximum atomic E-state index is 11.2. The minimum Gasteiger partial charge on any atom is -0.396 e. The SMILES string of the molecule is CCO/N=C1\CS(=O)(=O)CC1SC. The van der Waals surface area contributed by atoms with E-state index in [0.29, 0.717) is 12.3 Å². The smallest absolute Gasteiger partial charge is 0.157 e. The Labute approximate surface area is 82.6 Å². The molecule has 1 fully saturated rings. The summed E-state index contributed by atoms with van der Waals surface area (Å²) in [4.78, 5) is 4.85. The Kier molecular flexibility index (Phi) is 3.61. The van der Waals surface area contributed by atoms with Crippen LogP contribution in [0.15, 0.2) is 5.16 Å². The van der Waals surface area contributed by atoms with Crippen LogP contribution in [0.3, 0.4) is 0 Å². The average Bonchev–Trinajstić information content (AvgIpc) is 2.37. The van der Waals surface area contributed by atoms with Crippen molar-refractivity contribution in [2.24, 2.45) is 5.16 Å². The Morgan fingerprint density at radius 2 is 2.38 bits per heavy atom. The lowest BCUT2D eigenvalue weighted by molar-refractivity contribution is 0.158. The van der Waals surface area contributed by atoms with Gasteiger partial charge in [-0.25, -0.2) is 8.42 Å². The molecule has 1 heterocycles. The summed E-state index contributed by atoms with van der Waals surface area (Å²) in [5.74, 6) is 0.249. The van der Waals surface area contributed by atoms with Gasteiger partial charge >= 0.3 is 0 Å². The molecule has 1 rings (SSSR count). The molecule has 1 aliphatic rings. The number of hydrogen-bond acceptors (Lipinski definition) is 5. The van der Waals surface area contributed by atoms with Gasteiger partial charge in [-0.15, -0.1) is 0 Å². The Hall–Kier alpha value is -0.230. The van der Waals surface area contributed by atoms with Gasteiger partial charge in [-0.3, -0.25) is 0 Å². The Morgan fingerprint density at radius 3 is 2.92 bits per heavy atom. The van der Waals surface area contributed by atoms with E-state index >= 15 is 0 Å². The fraction of sp³-hybridized carbons (Fsp3) is 0.857. The van der Waals surface area contributed by atoms with E-state index < -0.39 is 9.84 Å². The summed E-state index contributed by atoms with van der Waals surface area (Å²) >= 11 is 1.50. The van der Waals surface area contributed by atoms with Gasteiger partial charge in [0, 0.05) is 0 Å². The van der Waals surface area contributed by atoms with Crippen LogP contribution in [0.4, 0.5) is 0 Å². The molecule has 1 unspecified atom stereocenters. The molecule has 0 saturated carbocycles. The number of sulfone groups is 1. The van der Waals surface area contributed by atoms with E-state index in [0.717, 1.165) is 0 Å². The molecule has 0 aromatic carbocycles. The fourth-order valence-electron chi connectivity index (χ4n) is 1.14. The quantitative estimate of drug-likeness (QED) is 0.655. The van der Waals surface area contributed by atoms with Crippen LogP contribution in [0.2, 0.25) is 0 Å². The predicted molar refractivity (Wildman–Crippen MR) is 55.0 cm³/mol. The zero-order valence-electron chi connectivity index (χ0n) is 7.69. The van der Waals surface area contributed by atoms with Gasteiger partial charge in [0.15, 0.2) is 9.84 Å². The normalized spacial score (nSPS) is 29.4. The van der Waals surface area contributed by atoms with E-state index in [9.17, 15) is 8.42 Å². The monoisotopic (exact) mass is 223 g/mol. The molecule has 0 N–H and O–H groups in total. The Balaban J connectivity index is 2.74. The Morgan fingerprint density at radius 1 is 1.69 bits per heavy atom. The summed E-state index contributed by atoms with van der Waals surface area (Å²) in [6.07, 6.45) is 1.88. The fourth-order valence-corrected chi connectivity index (χ4v) is 4.29. The highest BCUT2D eigenvalue weighted by molar-refractivity contribution is 8.02. The van der Waals surface area contributed by atoms with E-state index in [-0.39, 0.29) is 16.8 Å². The average molecular weight is 223 g/mol. The van der Waals surface area contributed by atoms with Crippen LogP contribution < -0.4 is 0 Å². The highest BCUT2D eigenvalue weighted by Crippen LogP contribution is 2.20. The first kappa shape index (κ1) is 10.8. The number of hydrogen-bond donors (Lipinski definition) is 0. The van der Waals surface area contributed by atoms with Crippen molar-refractivity contribution in [3.05, 3.63) is 0 Å². The van der Waals surface area contributed by atoms with Crippen molar-refractivity contribution in [1.29, 1.82) is 0 Å². The van der Waals surface area contributed by atoms with Gasteiger partial charge in [-0.1, -0.05) is 5.16 Å². The molecule has 6 heteroatoms. The summed E-state index contributed by atoms with van der Waals surface area (Å²) < 4.78 is 22.4. The zero-order chi connectivity index (χ0) is 9.90. The van der Waals surface area contributed by atoms with Gasteiger partial charge in [0.1, 0.15) is 6.61 Å². The van der Waals surface area contributed by atoms with E-state index in [1.807, 2.05) is 13.2 Å². The minimum atomic E-state index is -2.92. The third-order valence-electron chi connectivity index (χ3n) is 1.74. The largest absolute Gasteiger partial charge is 0.396 e. The van der Waals surface area contributed by atoms with Gasteiger partial charge in [0.2, 0.25) is 0 Å². The lowest BCUT2D eigenvalue weighted by Crippen LogP contribution is -2.14. The second kappa shape index (κ2) is 4.32. The minimum absolute atomic E-state index is 0.0171. The van der Waals surface area contributed by atoms with E-state index in [2.05, 4.69) is 5.16 Å². The molecule has 4 nitrogen and oxygen atoms in total. The molecule has 13 heavy (non-hydrogen) atoms. The van der Waals surface area contributed by atoms with Crippen LogP contribution in [0, 0.1) is 0 Å². The van der Waals surface area contributed by atoms with Crippen LogP contribution in [0.1, 0.15) is 6.92 Å². The first-order valence-corrected chi connectivity index (χ1v) is 7.12. The summed E-state index contributed by atoms with van der Waals surface area (Å²) in [7, 11) is -2.92. The molecule has 0 aliphatic carbocycles. The second-order valence-electron chi connectivity index (χ2n) is 2.78. The van der Waals surface area contributed by atoms with Crippen molar-refractivity contribution in [2.45, 2.75) is 12.2 Å². The highest BCUT2D eigenvalue weighted by atomic mass is 32.2. The molecule has 0 aromatic rings. The van der Waals surface area contributed by atoms with Crippen LogP contribution in [-0.4, -0.2) is 43.7 Å². The first-order chi connectivity index (χ1) is 6.09. The van der Waals surface area contributed by atoms with Crippen LogP contribution in [0.5, 0.6) is 0 Å². The summed E-state index contributed by atoms with van der Waals surface area (Å²) in [6, 6.07) is 0. The maximum absolute atomic E-state index is 11.2. The number of rotatable bonds is 3. The lowest BCUT2D eigenvalue weighted by atomic mass is 10.3. The second-order valence-corrected chi connectivity index (χ2v) is 5.93. The zero-order valence-corrected chi connectivity index (χ0v) is 9.32. The van der Waals surface area contributed by atoms with Crippen molar-refractivity contribution < 1.29 is 13.3 Å². The van der Waals surface area contributed by atoms with Crippen LogP contribution in [-0.2, 0) is 14.7 Å². The molecule has 1 aliphatic heterocycles. The molecule has 0 amide bonds. The van der Waals surface area contributed by atoms with Gasteiger partial charge < -0.3 is 4.84 Å². The predicted octanol–water partition coefficient (Wildman–Crippen LogP) is 0.539. The standard InChI is InChI=1S/C7H13NO3S2/c1-3-11-8-6-4-13(9,10)5-7(6)12-2/h7H,3-5H2,1-2H3/b8-6+. The van der Waals surface area contributed by atoms with Crippen molar-refractivity contribution in [3.8, 4) is 0 Å². The third kappa shape index (κ3) is 2.87. The van der Waals surface area contributed by atoms with Gasteiger partial charge in [0.25, 0.3) is 0 Å².